The molecule has 8 heteroatoms. The molecule has 1 aliphatic heterocycles. The molecule has 1 unspecified atom stereocenters. The highest BCUT2D eigenvalue weighted by Gasteiger charge is 2.33. The molecule has 1 aliphatic rings. The third-order valence-electron chi connectivity index (χ3n) is 4.96. The predicted octanol–water partition coefficient (Wildman–Crippen LogP) is 4.45. The summed E-state index contributed by atoms with van der Waals surface area (Å²) in [5, 5.41) is -0.271. The maximum absolute atomic E-state index is 13.2. The smallest absolute Gasteiger partial charge is 0.222 e. The molecule has 0 aliphatic carbocycles. The van der Waals surface area contributed by atoms with E-state index in [0.717, 1.165) is 5.56 Å². The molecule has 150 valence electrons. The van der Waals surface area contributed by atoms with Crippen LogP contribution >= 0.6 is 23.2 Å². The third kappa shape index (κ3) is 4.85. The van der Waals surface area contributed by atoms with E-state index in [4.69, 9.17) is 23.2 Å². The van der Waals surface area contributed by atoms with Crippen molar-refractivity contribution in [1.29, 1.82) is 0 Å². The predicted molar refractivity (Wildman–Crippen MR) is 109 cm³/mol. The second-order valence-corrected chi connectivity index (χ2v) is 9.91. The van der Waals surface area contributed by atoms with Crippen LogP contribution in [0.25, 0.3) is 0 Å². The number of halogens is 3. The first-order chi connectivity index (χ1) is 13.3. The summed E-state index contributed by atoms with van der Waals surface area (Å²) >= 11 is 12.0. The molecular weight excluding hydrogens is 424 g/mol. The molecule has 0 N–H and O–H groups in total. The zero-order valence-electron chi connectivity index (χ0n) is 15.1. The highest BCUT2D eigenvalue weighted by molar-refractivity contribution is 7.91. The average Bonchev–Trinajstić information content (AvgIpc) is 2.81. The van der Waals surface area contributed by atoms with Crippen molar-refractivity contribution in [3.8, 4) is 0 Å². The van der Waals surface area contributed by atoms with Crippen LogP contribution < -0.4 is 0 Å². The van der Waals surface area contributed by atoms with Gasteiger partial charge in [-0.2, -0.15) is 0 Å². The van der Waals surface area contributed by atoms with Crippen molar-refractivity contribution >= 4 is 38.9 Å². The average molecular weight is 444 g/mol. The number of benzene rings is 2. The molecule has 28 heavy (non-hydrogen) atoms. The number of aryl methyl sites for hydroxylation is 1. The second kappa shape index (κ2) is 8.80. The van der Waals surface area contributed by atoms with E-state index < -0.39 is 20.9 Å². The van der Waals surface area contributed by atoms with E-state index in [-0.39, 0.29) is 29.6 Å². The summed E-state index contributed by atoms with van der Waals surface area (Å²) in [4.78, 5) is 14.2. The van der Waals surface area contributed by atoms with Crippen LogP contribution in [0.3, 0.4) is 0 Å². The summed E-state index contributed by atoms with van der Waals surface area (Å²) in [6.07, 6.45) is 0.926. The lowest BCUT2D eigenvalue weighted by atomic mass is 10.1. The molecule has 0 aromatic heterocycles. The lowest BCUT2D eigenvalue weighted by Gasteiger charge is -2.20. The van der Waals surface area contributed by atoms with Gasteiger partial charge in [0, 0.05) is 24.5 Å². The van der Waals surface area contributed by atoms with Crippen LogP contribution in [0, 0.1) is 5.82 Å². The van der Waals surface area contributed by atoms with E-state index in [1.54, 1.807) is 35.2 Å². The van der Waals surface area contributed by atoms with E-state index in [2.05, 4.69) is 0 Å². The minimum Gasteiger partial charge on any atom is -0.342 e. The molecule has 2 aromatic rings. The van der Waals surface area contributed by atoms with Crippen molar-refractivity contribution in [2.75, 3.05) is 18.8 Å². The Kier molecular flexibility index (Phi) is 6.63. The molecular formula is C20H20Cl2FNO3S. The summed E-state index contributed by atoms with van der Waals surface area (Å²) in [5.74, 6) is -0.729. The first kappa shape index (κ1) is 21.1. The van der Waals surface area contributed by atoms with Crippen molar-refractivity contribution in [1.82, 2.24) is 4.90 Å². The fourth-order valence-corrected chi connectivity index (χ4v) is 5.73. The summed E-state index contributed by atoms with van der Waals surface area (Å²) in [5.41, 5.74) is 1.34. The van der Waals surface area contributed by atoms with E-state index in [1.165, 1.54) is 12.1 Å². The minimum atomic E-state index is -3.42. The van der Waals surface area contributed by atoms with Gasteiger partial charge in [-0.05, 0) is 42.2 Å². The van der Waals surface area contributed by atoms with Crippen LogP contribution in [-0.4, -0.2) is 38.1 Å². The molecule has 2 aromatic carbocycles. The summed E-state index contributed by atoms with van der Waals surface area (Å²) < 4.78 is 38.7. The van der Waals surface area contributed by atoms with E-state index in [1.807, 2.05) is 0 Å². The first-order valence-corrected chi connectivity index (χ1v) is 11.4. The Hall–Kier alpha value is -1.63. The number of hydrogen-bond donors (Lipinski definition) is 0. The van der Waals surface area contributed by atoms with Crippen molar-refractivity contribution < 1.29 is 17.6 Å². The largest absolute Gasteiger partial charge is 0.342 e. The zero-order chi connectivity index (χ0) is 20.3. The summed E-state index contributed by atoms with van der Waals surface area (Å²) in [7, 11) is -3.42. The van der Waals surface area contributed by atoms with Crippen molar-refractivity contribution in [2.24, 2.45) is 0 Å². The standard InChI is InChI=1S/C20H20Cl2FNO3S/c21-16-4-2-1-3-15(16)19-9-10-24(11-12-28(19,26)27)20(25)8-6-14-5-7-18(23)17(22)13-14/h1-5,7,13,19H,6,8-12H2. The van der Waals surface area contributed by atoms with Gasteiger partial charge in [0.15, 0.2) is 9.84 Å². The highest BCUT2D eigenvalue weighted by atomic mass is 35.5. The molecule has 1 saturated heterocycles. The van der Waals surface area contributed by atoms with Crippen LogP contribution in [0.4, 0.5) is 4.39 Å². The normalized spacial score (nSPS) is 19.2. The molecule has 0 saturated carbocycles. The molecule has 1 fully saturated rings. The van der Waals surface area contributed by atoms with Gasteiger partial charge in [0.2, 0.25) is 5.91 Å². The molecule has 0 spiro atoms. The van der Waals surface area contributed by atoms with Gasteiger partial charge in [-0.25, -0.2) is 12.8 Å². The maximum Gasteiger partial charge on any atom is 0.222 e. The maximum atomic E-state index is 13.2. The Morgan fingerprint density at radius 3 is 2.57 bits per heavy atom. The monoisotopic (exact) mass is 443 g/mol. The topological polar surface area (TPSA) is 54.5 Å². The highest BCUT2D eigenvalue weighted by Crippen LogP contribution is 2.34. The van der Waals surface area contributed by atoms with Gasteiger partial charge in [-0.15, -0.1) is 0 Å². The fourth-order valence-electron chi connectivity index (χ4n) is 3.38. The first-order valence-electron chi connectivity index (χ1n) is 8.95. The van der Waals surface area contributed by atoms with Gasteiger partial charge in [0.1, 0.15) is 5.82 Å². The van der Waals surface area contributed by atoms with Gasteiger partial charge >= 0.3 is 0 Å². The lowest BCUT2D eigenvalue weighted by molar-refractivity contribution is -0.130. The lowest BCUT2D eigenvalue weighted by Crippen LogP contribution is -2.33. The number of carbonyl (C=O) groups excluding carboxylic acids is 1. The van der Waals surface area contributed by atoms with Crippen LogP contribution in [0.15, 0.2) is 42.5 Å². The molecule has 1 atom stereocenters. The van der Waals surface area contributed by atoms with Gasteiger partial charge in [-0.3, -0.25) is 4.79 Å². The fraction of sp³-hybridized carbons (Fsp3) is 0.350. The SMILES string of the molecule is O=C(CCc1ccc(F)c(Cl)c1)N1CCC(c2ccccc2Cl)S(=O)(=O)CC1. The van der Waals surface area contributed by atoms with E-state index >= 15 is 0 Å². The molecule has 3 rings (SSSR count). The summed E-state index contributed by atoms with van der Waals surface area (Å²) in [6.45, 7) is 0.504. The van der Waals surface area contributed by atoms with Gasteiger partial charge < -0.3 is 4.90 Å². The van der Waals surface area contributed by atoms with Gasteiger partial charge in [0.05, 0.1) is 16.0 Å². The number of sulfone groups is 1. The molecule has 0 bridgehead atoms. The number of carbonyl (C=O) groups is 1. The Morgan fingerprint density at radius 1 is 1.11 bits per heavy atom. The third-order valence-corrected chi connectivity index (χ3v) is 7.70. The number of nitrogens with zero attached hydrogens (tertiary/aromatic N) is 1. The van der Waals surface area contributed by atoms with Crippen LogP contribution in [0.2, 0.25) is 10.0 Å². The van der Waals surface area contributed by atoms with Crippen LogP contribution in [0.5, 0.6) is 0 Å². The van der Waals surface area contributed by atoms with Crippen molar-refractivity contribution in [3.63, 3.8) is 0 Å². The van der Waals surface area contributed by atoms with E-state index in [0.29, 0.717) is 30.0 Å². The Morgan fingerprint density at radius 2 is 1.86 bits per heavy atom. The molecule has 0 radical (unpaired) electrons. The number of amides is 1. The minimum absolute atomic E-state index is 0.0217. The van der Waals surface area contributed by atoms with Gasteiger partial charge in [-0.1, -0.05) is 47.5 Å². The van der Waals surface area contributed by atoms with Crippen LogP contribution in [-0.2, 0) is 21.1 Å². The molecule has 1 amide bonds. The number of hydrogen-bond acceptors (Lipinski definition) is 3. The Balaban J connectivity index is 1.67. The Labute approximate surface area is 174 Å². The van der Waals surface area contributed by atoms with Crippen molar-refractivity contribution in [3.05, 3.63) is 69.5 Å². The van der Waals surface area contributed by atoms with Crippen LogP contribution in [0.1, 0.15) is 29.2 Å². The van der Waals surface area contributed by atoms with Gasteiger partial charge in [0.25, 0.3) is 0 Å². The van der Waals surface area contributed by atoms with Crippen molar-refractivity contribution in [2.45, 2.75) is 24.5 Å². The summed E-state index contributed by atoms with van der Waals surface area (Å²) in [6, 6.07) is 11.3. The second-order valence-electron chi connectivity index (χ2n) is 6.80. The quantitative estimate of drug-likeness (QED) is 0.700. The Bertz CT molecular complexity index is 981. The number of rotatable bonds is 4. The molecule has 4 nitrogen and oxygen atoms in total. The zero-order valence-corrected chi connectivity index (χ0v) is 17.4. The molecule has 1 heterocycles. The van der Waals surface area contributed by atoms with E-state index in [9.17, 15) is 17.6 Å².